The summed E-state index contributed by atoms with van der Waals surface area (Å²) in [5.74, 6) is 0.404. The minimum Gasteiger partial charge on any atom is -0.369 e. The van der Waals surface area contributed by atoms with Gasteiger partial charge in [-0.25, -0.2) is 0 Å². The third-order valence-electron chi connectivity index (χ3n) is 2.99. The number of amides is 1. The molecule has 0 atom stereocenters. The summed E-state index contributed by atoms with van der Waals surface area (Å²) in [5.41, 5.74) is 6.38. The highest BCUT2D eigenvalue weighted by Gasteiger charge is 2.19. The van der Waals surface area contributed by atoms with Crippen LogP contribution in [0.15, 0.2) is 30.3 Å². The van der Waals surface area contributed by atoms with Crippen LogP contribution in [0.3, 0.4) is 0 Å². The van der Waals surface area contributed by atoms with E-state index in [0.29, 0.717) is 6.42 Å². The number of rotatable bonds is 7. The summed E-state index contributed by atoms with van der Waals surface area (Å²) in [6.07, 6.45) is 0.709. The Morgan fingerprint density at radius 3 is 2.24 bits per heavy atom. The van der Waals surface area contributed by atoms with Crippen molar-refractivity contribution >= 4 is 5.91 Å². The van der Waals surface area contributed by atoms with Crippen molar-refractivity contribution in [2.24, 2.45) is 5.73 Å². The van der Waals surface area contributed by atoms with Gasteiger partial charge in [-0.05, 0) is 31.6 Å². The Balaban J connectivity index is 2.65. The molecule has 0 aliphatic heterocycles. The average molecular weight is 233 g/mol. The maximum absolute atomic E-state index is 11.5. The monoisotopic (exact) mass is 233 g/mol. The molecule has 93 valence electrons. The Labute approximate surface area is 104 Å². The molecule has 1 rings (SSSR count). The van der Waals surface area contributed by atoms with Gasteiger partial charge in [0.05, 0.1) is 5.92 Å². The van der Waals surface area contributed by atoms with Crippen molar-refractivity contribution in [1.29, 1.82) is 0 Å². The number of hydrogen-bond donors (Lipinski definition) is 1. The third kappa shape index (κ3) is 4.19. The second kappa shape index (κ2) is 7.07. The number of carbonyl (C=O) groups excluding carboxylic acids is 1. The van der Waals surface area contributed by atoms with Crippen molar-refractivity contribution in [3.05, 3.63) is 41.8 Å². The van der Waals surface area contributed by atoms with E-state index in [1.54, 1.807) is 0 Å². The molecule has 0 fully saturated rings. The fourth-order valence-electron chi connectivity index (χ4n) is 1.86. The van der Waals surface area contributed by atoms with E-state index in [2.05, 4.69) is 18.7 Å². The maximum Gasteiger partial charge on any atom is 0.229 e. The zero-order valence-electron chi connectivity index (χ0n) is 10.6. The molecule has 0 saturated carbocycles. The van der Waals surface area contributed by atoms with Crippen molar-refractivity contribution in [3.8, 4) is 0 Å². The average Bonchev–Trinajstić information content (AvgIpc) is 2.35. The van der Waals surface area contributed by atoms with Crippen LogP contribution >= 0.6 is 0 Å². The first kappa shape index (κ1) is 13.7. The standard InChI is InChI=1S/C14H21N2O/c1-3-16(4-2)11-10-13(14(15)17)12-8-6-5-7-9-12/h5-9H,3-4,10-11H2,1-2H3,(H2,15,17). The van der Waals surface area contributed by atoms with Gasteiger partial charge in [-0.3, -0.25) is 4.79 Å². The molecule has 0 saturated heterocycles. The molecule has 0 aliphatic rings. The van der Waals surface area contributed by atoms with Gasteiger partial charge in [0.2, 0.25) is 5.91 Å². The van der Waals surface area contributed by atoms with Crippen molar-refractivity contribution < 1.29 is 4.79 Å². The Morgan fingerprint density at radius 2 is 1.76 bits per heavy atom. The van der Waals surface area contributed by atoms with Gasteiger partial charge in [0.25, 0.3) is 0 Å². The molecular weight excluding hydrogens is 212 g/mol. The van der Waals surface area contributed by atoms with E-state index in [9.17, 15) is 4.79 Å². The molecule has 1 aromatic rings. The molecule has 17 heavy (non-hydrogen) atoms. The zero-order valence-corrected chi connectivity index (χ0v) is 10.6. The normalized spacial score (nSPS) is 11.1. The lowest BCUT2D eigenvalue weighted by molar-refractivity contribution is -0.116. The number of carbonyl (C=O) groups is 1. The first-order valence-electron chi connectivity index (χ1n) is 6.12. The molecule has 1 radical (unpaired) electrons. The van der Waals surface area contributed by atoms with Crippen LogP contribution in [-0.2, 0) is 4.79 Å². The van der Waals surface area contributed by atoms with Crippen LogP contribution < -0.4 is 5.73 Å². The largest absolute Gasteiger partial charge is 0.369 e. The Hall–Kier alpha value is -1.35. The topological polar surface area (TPSA) is 46.3 Å². The summed E-state index contributed by atoms with van der Waals surface area (Å²) in [5, 5.41) is 0. The minimum absolute atomic E-state index is 0.316. The maximum atomic E-state index is 11.5. The molecule has 3 heteroatoms. The fraction of sp³-hybridized carbons (Fsp3) is 0.429. The molecule has 0 unspecified atom stereocenters. The van der Waals surface area contributed by atoms with E-state index < -0.39 is 0 Å². The molecule has 3 nitrogen and oxygen atoms in total. The molecule has 0 heterocycles. The van der Waals surface area contributed by atoms with Crippen molar-refractivity contribution in [1.82, 2.24) is 4.90 Å². The smallest absolute Gasteiger partial charge is 0.229 e. The zero-order chi connectivity index (χ0) is 12.7. The van der Waals surface area contributed by atoms with Crippen molar-refractivity contribution in [2.75, 3.05) is 19.6 Å². The van der Waals surface area contributed by atoms with Gasteiger partial charge in [0.1, 0.15) is 0 Å². The van der Waals surface area contributed by atoms with E-state index in [1.165, 1.54) is 0 Å². The van der Waals surface area contributed by atoms with Gasteiger partial charge in [-0.2, -0.15) is 0 Å². The summed E-state index contributed by atoms with van der Waals surface area (Å²) in [6, 6.07) is 9.66. The van der Waals surface area contributed by atoms with E-state index in [4.69, 9.17) is 5.73 Å². The van der Waals surface area contributed by atoms with Gasteiger partial charge in [-0.1, -0.05) is 44.2 Å². The molecule has 0 aromatic heterocycles. The van der Waals surface area contributed by atoms with Crippen LogP contribution in [0.4, 0.5) is 0 Å². The number of primary amides is 1. The van der Waals surface area contributed by atoms with Gasteiger partial charge in [0.15, 0.2) is 0 Å². The highest BCUT2D eigenvalue weighted by Crippen LogP contribution is 2.18. The summed E-state index contributed by atoms with van der Waals surface area (Å²) < 4.78 is 0. The molecule has 1 aromatic carbocycles. The Bertz CT molecular complexity index is 333. The van der Waals surface area contributed by atoms with Crippen LogP contribution in [0.1, 0.15) is 25.8 Å². The van der Waals surface area contributed by atoms with Crippen LogP contribution in [0.5, 0.6) is 0 Å². The fourth-order valence-corrected chi connectivity index (χ4v) is 1.86. The highest BCUT2D eigenvalue weighted by atomic mass is 16.1. The molecular formula is C14H21N2O. The molecule has 0 bridgehead atoms. The Kier molecular flexibility index (Phi) is 5.70. The van der Waals surface area contributed by atoms with E-state index in [1.807, 2.05) is 30.3 Å². The molecule has 2 N–H and O–H groups in total. The molecule has 0 aliphatic carbocycles. The van der Waals surface area contributed by atoms with Crippen molar-refractivity contribution in [3.63, 3.8) is 0 Å². The first-order valence-corrected chi connectivity index (χ1v) is 6.12. The second-order valence-corrected chi connectivity index (χ2v) is 3.99. The van der Waals surface area contributed by atoms with Crippen LogP contribution in [0.2, 0.25) is 0 Å². The van der Waals surface area contributed by atoms with Gasteiger partial charge >= 0.3 is 0 Å². The molecule has 0 spiro atoms. The SMILES string of the molecule is CCN(CC)CC[C](C(N)=O)c1ccccc1. The number of hydrogen-bond acceptors (Lipinski definition) is 2. The number of nitrogens with two attached hydrogens (primary N) is 1. The first-order chi connectivity index (χ1) is 8.19. The summed E-state index contributed by atoms with van der Waals surface area (Å²) >= 11 is 0. The van der Waals surface area contributed by atoms with E-state index >= 15 is 0 Å². The summed E-state index contributed by atoms with van der Waals surface area (Å²) in [7, 11) is 0. The lowest BCUT2D eigenvalue weighted by Gasteiger charge is -2.20. The van der Waals surface area contributed by atoms with E-state index in [0.717, 1.165) is 31.1 Å². The van der Waals surface area contributed by atoms with Crippen LogP contribution in [-0.4, -0.2) is 30.4 Å². The predicted octanol–water partition coefficient (Wildman–Crippen LogP) is 1.83. The van der Waals surface area contributed by atoms with Gasteiger partial charge in [-0.15, -0.1) is 0 Å². The summed E-state index contributed by atoms with van der Waals surface area (Å²) in [4.78, 5) is 13.7. The van der Waals surface area contributed by atoms with Crippen molar-refractivity contribution in [2.45, 2.75) is 20.3 Å². The third-order valence-corrected chi connectivity index (χ3v) is 2.99. The number of nitrogens with zero attached hydrogens (tertiary/aromatic N) is 1. The van der Waals surface area contributed by atoms with Crippen LogP contribution in [0, 0.1) is 5.92 Å². The quantitative estimate of drug-likeness (QED) is 0.781. The second-order valence-electron chi connectivity index (χ2n) is 3.99. The highest BCUT2D eigenvalue weighted by molar-refractivity contribution is 5.92. The molecule has 1 amide bonds. The van der Waals surface area contributed by atoms with Gasteiger partial charge in [0, 0.05) is 0 Å². The van der Waals surface area contributed by atoms with E-state index in [-0.39, 0.29) is 5.91 Å². The lowest BCUT2D eigenvalue weighted by Crippen LogP contribution is -2.29. The predicted molar refractivity (Wildman–Crippen MR) is 70.4 cm³/mol. The minimum atomic E-state index is -0.316. The number of benzene rings is 1. The van der Waals surface area contributed by atoms with Gasteiger partial charge < -0.3 is 10.6 Å². The lowest BCUT2D eigenvalue weighted by atomic mass is 9.95. The van der Waals surface area contributed by atoms with Crippen LogP contribution in [0.25, 0.3) is 0 Å². The Morgan fingerprint density at radius 1 is 1.18 bits per heavy atom. The summed E-state index contributed by atoms with van der Waals surface area (Å²) in [6.45, 7) is 7.11.